The Labute approximate surface area is 98.0 Å². The highest BCUT2D eigenvalue weighted by molar-refractivity contribution is 5.97. The third kappa shape index (κ3) is 3.53. The number of nitrogens with two attached hydrogens (primary N) is 2. The number of carbonyl (C=O) groups is 2. The smallest absolute Gasteiger partial charge is 0.241 e. The van der Waals surface area contributed by atoms with E-state index in [9.17, 15) is 14.0 Å². The molecule has 1 aromatic carbocycles. The van der Waals surface area contributed by atoms with E-state index in [1.807, 2.05) is 0 Å². The Kier molecular flexibility index (Phi) is 4.17. The number of amides is 2. The fourth-order valence-corrected chi connectivity index (χ4v) is 1.28. The molecule has 0 aliphatic rings. The zero-order valence-electron chi connectivity index (χ0n) is 9.37. The molecule has 0 aromatic heterocycles. The van der Waals surface area contributed by atoms with E-state index < -0.39 is 23.7 Å². The maximum Gasteiger partial charge on any atom is 0.241 e. The molecule has 1 aromatic rings. The molecule has 0 saturated carbocycles. The average Bonchev–Trinajstić information content (AvgIpc) is 2.23. The van der Waals surface area contributed by atoms with Gasteiger partial charge in [-0.25, -0.2) is 4.39 Å². The molecule has 1 rings (SSSR count). The lowest BCUT2D eigenvalue weighted by Gasteiger charge is -2.11. The van der Waals surface area contributed by atoms with Crippen LogP contribution in [0.2, 0.25) is 0 Å². The minimum Gasteiger partial charge on any atom is -0.370 e. The van der Waals surface area contributed by atoms with Crippen molar-refractivity contribution in [2.75, 3.05) is 5.32 Å². The van der Waals surface area contributed by atoms with Crippen molar-refractivity contribution in [3.05, 3.63) is 29.6 Å². The lowest BCUT2D eigenvalue weighted by atomic mass is 10.1. The summed E-state index contributed by atoms with van der Waals surface area (Å²) in [5.74, 6) is -1.85. The average molecular weight is 239 g/mol. The molecule has 92 valence electrons. The number of hydrogen-bond donors (Lipinski definition) is 3. The van der Waals surface area contributed by atoms with Crippen molar-refractivity contribution in [2.24, 2.45) is 11.5 Å². The summed E-state index contributed by atoms with van der Waals surface area (Å²) in [5.41, 5.74) is 10.8. The van der Waals surface area contributed by atoms with Gasteiger partial charge in [0.05, 0.1) is 18.2 Å². The normalized spacial score (nSPS) is 11.9. The Balaban J connectivity index is 2.74. The van der Waals surface area contributed by atoms with Gasteiger partial charge in [0.15, 0.2) is 0 Å². The van der Waals surface area contributed by atoms with Gasteiger partial charge in [-0.3, -0.25) is 9.59 Å². The number of halogens is 1. The number of aryl methyl sites for hydroxylation is 1. The monoisotopic (exact) mass is 239 g/mol. The van der Waals surface area contributed by atoms with Gasteiger partial charge in [0.1, 0.15) is 5.82 Å². The molecular weight excluding hydrogens is 225 g/mol. The number of primary amides is 1. The molecule has 0 heterocycles. The summed E-state index contributed by atoms with van der Waals surface area (Å²) in [6, 6.07) is 3.52. The number of rotatable bonds is 4. The number of hydrogen-bond acceptors (Lipinski definition) is 3. The third-order valence-corrected chi connectivity index (χ3v) is 2.21. The highest BCUT2D eigenvalue weighted by Gasteiger charge is 2.17. The van der Waals surface area contributed by atoms with Crippen LogP contribution in [0, 0.1) is 12.7 Å². The molecule has 6 heteroatoms. The Morgan fingerprint density at radius 1 is 1.47 bits per heavy atom. The predicted molar refractivity (Wildman–Crippen MR) is 61.6 cm³/mol. The lowest BCUT2D eigenvalue weighted by molar-refractivity contribution is -0.123. The maximum absolute atomic E-state index is 13.5. The molecule has 0 radical (unpaired) electrons. The quantitative estimate of drug-likeness (QED) is 0.703. The third-order valence-electron chi connectivity index (χ3n) is 2.21. The highest BCUT2D eigenvalue weighted by atomic mass is 19.1. The van der Waals surface area contributed by atoms with Crippen molar-refractivity contribution in [1.82, 2.24) is 0 Å². The molecule has 17 heavy (non-hydrogen) atoms. The summed E-state index contributed by atoms with van der Waals surface area (Å²) in [6.45, 7) is 1.58. The first kappa shape index (κ1) is 13.1. The number of benzene rings is 1. The zero-order chi connectivity index (χ0) is 13.0. The van der Waals surface area contributed by atoms with Crippen molar-refractivity contribution in [3.8, 4) is 0 Å². The van der Waals surface area contributed by atoms with Crippen LogP contribution in [0.15, 0.2) is 18.2 Å². The second-order valence-corrected chi connectivity index (χ2v) is 3.70. The van der Waals surface area contributed by atoms with Gasteiger partial charge >= 0.3 is 0 Å². The highest BCUT2D eigenvalue weighted by Crippen LogP contribution is 2.17. The molecule has 5 nitrogen and oxygen atoms in total. The fourth-order valence-electron chi connectivity index (χ4n) is 1.28. The van der Waals surface area contributed by atoms with Gasteiger partial charge < -0.3 is 16.8 Å². The van der Waals surface area contributed by atoms with E-state index >= 15 is 0 Å². The van der Waals surface area contributed by atoms with Gasteiger partial charge in [-0.05, 0) is 18.6 Å². The van der Waals surface area contributed by atoms with Crippen LogP contribution in [0.3, 0.4) is 0 Å². The van der Waals surface area contributed by atoms with Crippen molar-refractivity contribution in [1.29, 1.82) is 0 Å². The van der Waals surface area contributed by atoms with E-state index in [1.165, 1.54) is 6.07 Å². The van der Waals surface area contributed by atoms with Gasteiger partial charge in [-0.2, -0.15) is 0 Å². The summed E-state index contributed by atoms with van der Waals surface area (Å²) in [5, 5.41) is 2.31. The van der Waals surface area contributed by atoms with E-state index in [2.05, 4.69) is 5.32 Å². The summed E-state index contributed by atoms with van der Waals surface area (Å²) in [7, 11) is 0. The second kappa shape index (κ2) is 5.40. The van der Waals surface area contributed by atoms with Crippen LogP contribution in [-0.4, -0.2) is 17.9 Å². The van der Waals surface area contributed by atoms with Gasteiger partial charge in [-0.15, -0.1) is 0 Å². The van der Waals surface area contributed by atoms with E-state index in [4.69, 9.17) is 11.5 Å². The zero-order valence-corrected chi connectivity index (χ0v) is 9.37. The molecule has 1 unspecified atom stereocenters. The Morgan fingerprint density at radius 2 is 2.12 bits per heavy atom. The molecule has 0 aliphatic carbocycles. The molecular formula is C11H14FN3O2. The van der Waals surface area contributed by atoms with Gasteiger partial charge in [0.2, 0.25) is 11.8 Å². The van der Waals surface area contributed by atoms with Crippen LogP contribution in [0.5, 0.6) is 0 Å². The lowest BCUT2D eigenvalue weighted by Crippen LogP contribution is -2.39. The van der Waals surface area contributed by atoms with Gasteiger partial charge in [0.25, 0.3) is 0 Å². The largest absolute Gasteiger partial charge is 0.370 e. The number of anilines is 1. The van der Waals surface area contributed by atoms with Crippen LogP contribution in [0.4, 0.5) is 10.1 Å². The van der Waals surface area contributed by atoms with Crippen molar-refractivity contribution in [3.63, 3.8) is 0 Å². The Hall–Kier alpha value is -1.95. The molecule has 1 atom stereocenters. The molecule has 0 saturated heterocycles. The van der Waals surface area contributed by atoms with Crippen LogP contribution < -0.4 is 16.8 Å². The van der Waals surface area contributed by atoms with Crippen molar-refractivity contribution in [2.45, 2.75) is 19.4 Å². The standard InChI is InChI=1S/C11H14FN3O2/c1-6-3-2-4-8(10(6)12)15-11(17)7(13)5-9(14)16/h2-4,7H,5,13H2,1H3,(H2,14,16)(H,15,17). The molecule has 5 N–H and O–H groups in total. The maximum atomic E-state index is 13.5. The van der Waals surface area contributed by atoms with Crippen molar-refractivity contribution >= 4 is 17.5 Å². The first-order chi connectivity index (χ1) is 7.91. The fraction of sp³-hybridized carbons (Fsp3) is 0.273. The second-order valence-electron chi connectivity index (χ2n) is 3.70. The first-order valence-electron chi connectivity index (χ1n) is 5.01. The van der Waals surface area contributed by atoms with E-state index in [1.54, 1.807) is 19.1 Å². The minimum atomic E-state index is -1.08. The van der Waals surface area contributed by atoms with Crippen LogP contribution >= 0.6 is 0 Å². The van der Waals surface area contributed by atoms with E-state index in [0.29, 0.717) is 5.56 Å². The predicted octanol–water partition coefficient (Wildman–Crippen LogP) is 0.275. The van der Waals surface area contributed by atoms with E-state index in [-0.39, 0.29) is 12.1 Å². The molecule has 0 bridgehead atoms. The molecule has 0 fully saturated rings. The van der Waals surface area contributed by atoms with E-state index in [0.717, 1.165) is 0 Å². The van der Waals surface area contributed by atoms with Gasteiger partial charge in [-0.1, -0.05) is 12.1 Å². The Morgan fingerprint density at radius 3 is 2.71 bits per heavy atom. The van der Waals surface area contributed by atoms with Crippen LogP contribution in [-0.2, 0) is 9.59 Å². The van der Waals surface area contributed by atoms with Gasteiger partial charge in [0, 0.05) is 0 Å². The number of carbonyl (C=O) groups excluding carboxylic acids is 2. The molecule has 0 aliphatic heterocycles. The SMILES string of the molecule is Cc1cccc(NC(=O)C(N)CC(N)=O)c1F. The van der Waals surface area contributed by atoms with Crippen LogP contribution in [0.25, 0.3) is 0 Å². The molecule has 2 amide bonds. The topological polar surface area (TPSA) is 98.2 Å². The first-order valence-corrected chi connectivity index (χ1v) is 5.01. The molecule has 0 spiro atoms. The van der Waals surface area contributed by atoms with Crippen molar-refractivity contribution < 1.29 is 14.0 Å². The summed E-state index contributed by atoms with van der Waals surface area (Å²) >= 11 is 0. The summed E-state index contributed by atoms with van der Waals surface area (Å²) in [6.07, 6.45) is -0.279. The Bertz CT molecular complexity index is 448. The van der Waals surface area contributed by atoms with Crippen LogP contribution in [0.1, 0.15) is 12.0 Å². The summed E-state index contributed by atoms with van der Waals surface area (Å²) in [4.78, 5) is 22.1. The minimum absolute atomic E-state index is 0.0370. The summed E-state index contributed by atoms with van der Waals surface area (Å²) < 4.78 is 13.5. The number of nitrogens with one attached hydrogen (secondary N) is 1.